The molecule has 0 fully saturated rings. The van der Waals surface area contributed by atoms with Gasteiger partial charge in [-0.1, -0.05) is 63.0 Å². The van der Waals surface area contributed by atoms with Crippen molar-refractivity contribution in [3.63, 3.8) is 0 Å². The molecule has 4 rings (SSSR count). The molecule has 0 radical (unpaired) electrons. The van der Waals surface area contributed by atoms with Crippen molar-refractivity contribution in [2.24, 2.45) is 0 Å². The summed E-state index contributed by atoms with van der Waals surface area (Å²) < 4.78 is 2.56. The first-order chi connectivity index (χ1) is 16.1. The summed E-state index contributed by atoms with van der Waals surface area (Å²) in [7, 11) is 3.40. The van der Waals surface area contributed by atoms with E-state index in [1.54, 1.807) is 49.0 Å². The maximum absolute atomic E-state index is 12.2. The van der Waals surface area contributed by atoms with E-state index in [1.807, 2.05) is 30.3 Å². The Morgan fingerprint density at radius 3 is 2.29 bits per heavy atom. The van der Waals surface area contributed by atoms with Crippen LogP contribution >= 0.6 is 50.9 Å². The number of carboxylic acids is 1. The Hall–Kier alpha value is -2.45. The maximum Gasteiger partial charge on any atom is 0.352 e. The molecule has 1 aromatic heterocycles. The number of amides is 1. The van der Waals surface area contributed by atoms with E-state index in [2.05, 4.69) is 15.9 Å². The van der Waals surface area contributed by atoms with Gasteiger partial charge in [-0.2, -0.15) is 0 Å². The summed E-state index contributed by atoms with van der Waals surface area (Å²) in [6.07, 6.45) is 0. The van der Waals surface area contributed by atoms with E-state index in [4.69, 9.17) is 23.2 Å². The highest BCUT2D eigenvalue weighted by Gasteiger charge is 2.18. The van der Waals surface area contributed by atoms with Gasteiger partial charge in [0, 0.05) is 45.9 Å². The molecule has 9 heteroatoms. The normalized spacial score (nSPS) is 11.1. The Morgan fingerprint density at radius 1 is 0.971 bits per heavy atom. The van der Waals surface area contributed by atoms with Crippen LogP contribution in [0.5, 0.6) is 0 Å². The fourth-order valence-electron chi connectivity index (χ4n) is 3.57. The van der Waals surface area contributed by atoms with Crippen molar-refractivity contribution >= 4 is 73.7 Å². The Kier molecular flexibility index (Phi) is 7.28. The topological polar surface area (TPSA) is 62.5 Å². The second-order valence-corrected chi connectivity index (χ2v) is 10.6. The summed E-state index contributed by atoms with van der Waals surface area (Å²) >= 11 is 17.3. The average molecular weight is 578 g/mol. The standard InChI is InChI=1S/C25H19BrCl2N2O3S/c1-29(2)24(31)15-5-3-14(4-6-15)13-30-22-11-17(34-16-7-8-20(27)21(28)10-16)9-19(26)18(22)12-23(30)25(32)33/h3-12H,13H2,1-2H3,(H,32,33). The predicted molar refractivity (Wildman–Crippen MR) is 141 cm³/mol. The zero-order valence-corrected chi connectivity index (χ0v) is 22.1. The van der Waals surface area contributed by atoms with E-state index in [1.165, 1.54) is 16.7 Å². The number of hydrogen-bond donors (Lipinski definition) is 1. The smallest absolute Gasteiger partial charge is 0.352 e. The van der Waals surface area contributed by atoms with Crippen molar-refractivity contribution in [3.8, 4) is 0 Å². The molecule has 5 nitrogen and oxygen atoms in total. The molecule has 3 aromatic carbocycles. The molecule has 0 bridgehead atoms. The largest absolute Gasteiger partial charge is 0.477 e. The summed E-state index contributed by atoms with van der Waals surface area (Å²) in [6.45, 7) is 0.342. The van der Waals surface area contributed by atoms with Gasteiger partial charge in [0.05, 0.1) is 15.6 Å². The van der Waals surface area contributed by atoms with Crippen LogP contribution in [0.15, 0.2) is 74.9 Å². The third kappa shape index (κ3) is 5.13. The molecule has 174 valence electrons. The first-order valence-corrected chi connectivity index (χ1v) is 12.5. The van der Waals surface area contributed by atoms with Gasteiger partial charge in [0.15, 0.2) is 0 Å². The summed E-state index contributed by atoms with van der Waals surface area (Å²) in [4.78, 5) is 27.6. The predicted octanol–water partition coefficient (Wildman–Crippen LogP) is 7.31. The van der Waals surface area contributed by atoms with Crippen LogP contribution in [-0.4, -0.2) is 40.5 Å². The molecule has 1 amide bonds. The van der Waals surface area contributed by atoms with Gasteiger partial charge >= 0.3 is 5.97 Å². The molecule has 1 N–H and O–H groups in total. The lowest BCUT2D eigenvalue weighted by Crippen LogP contribution is -2.21. The fraction of sp³-hybridized carbons (Fsp3) is 0.120. The number of carbonyl (C=O) groups excluding carboxylic acids is 1. The van der Waals surface area contributed by atoms with Crippen LogP contribution in [0.3, 0.4) is 0 Å². The molecule has 0 saturated carbocycles. The Balaban J connectivity index is 1.74. The number of nitrogens with zero attached hydrogens (tertiary/aromatic N) is 2. The van der Waals surface area contributed by atoms with Crippen molar-refractivity contribution in [1.82, 2.24) is 9.47 Å². The summed E-state index contributed by atoms with van der Waals surface area (Å²) in [5.74, 6) is -1.10. The second kappa shape index (κ2) is 10.0. The minimum Gasteiger partial charge on any atom is -0.477 e. The molecule has 4 aromatic rings. The van der Waals surface area contributed by atoms with Gasteiger partial charge in [0.2, 0.25) is 0 Å². The number of benzene rings is 3. The van der Waals surface area contributed by atoms with Crippen LogP contribution in [0, 0.1) is 0 Å². The third-order valence-electron chi connectivity index (χ3n) is 5.24. The molecule has 34 heavy (non-hydrogen) atoms. The van der Waals surface area contributed by atoms with Gasteiger partial charge in [0.1, 0.15) is 5.69 Å². The maximum atomic E-state index is 12.2. The molecule has 0 aliphatic heterocycles. The van der Waals surface area contributed by atoms with Crippen LogP contribution in [-0.2, 0) is 6.54 Å². The number of carbonyl (C=O) groups is 2. The van der Waals surface area contributed by atoms with Crippen LogP contribution in [0.1, 0.15) is 26.4 Å². The molecular formula is C25H19BrCl2N2O3S. The average Bonchev–Trinajstić information content (AvgIpc) is 3.15. The van der Waals surface area contributed by atoms with Crippen LogP contribution < -0.4 is 0 Å². The summed E-state index contributed by atoms with van der Waals surface area (Å²) in [5.41, 5.74) is 2.42. The Bertz CT molecular complexity index is 1420. The van der Waals surface area contributed by atoms with Crippen LogP contribution in [0.25, 0.3) is 10.9 Å². The van der Waals surface area contributed by atoms with Crippen molar-refractivity contribution in [2.45, 2.75) is 16.3 Å². The van der Waals surface area contributed by atoms with E-state index in [-0.39, 0.29) is 11.6 Å². The van der Waals surface area contributed by atoms with Crippen molar-refractivity contribution in [1.29, 1.82) is 0 Å². The second-order valence-electron chi connectivity index (χ2n) is 7.83. The lowest BCUT2D eigenvalue weighted by Gasteiger charge is -2.12. The molecule has 0 atom stereocenters. The number of aromatic carboxylic acids is 1. The van der Waals surface area contributed by atoms with Crippen molar-refractivity contribution < 1.29 is 14.7 Å². The van der Waals surface area contributed by atoms with E-state index in [9.17, 15) is 14.7 Å². The zero-order chi connectivity index (χ0) is 24.6. The quantitative estimate of drug-likeness (QED) is 0.261. The molecular weight excluding hydrogens is 559 g/mol. The SMILES string of the molecule is CN(C)C(=O)c1ccc(Cn2c(C(=O)O)cc3c(Br)cc(Sc4ccc(Cl)c(Cl)c4)cc32)cc1. The van der Waals surface area contributed by atoms with Gasteiger partial charge in [-0.15, -0.1) is 0 Å². The zero-order valence-electron chi connectivity index (χ0n) is 18.2. The molecule has 0 aliphatic rings. The number of aromatic nitrogens is 1. The first kappa shape index (κ1) is 24.7. The molecule has 0 unspecified atom stereocenters. The highest BCUT2D eigenvalue weighted by Crippen LogP contribution is 2.38. The molecule has 0 aliphatic carbocycles. The summed E-state index contributed by atoms with van der Waals surface area (Å²) in [5, 5.41) is 11.6. The monoisotopic (exact) mass is 576 g/mol. The Morgan fingerprint density at radius 2 is 1.68 bits per heavy atom. The summed E-state index contributed by atoms with van der Waals surface area (Å²) in [6, 6.07) is 18.2. The van der Waals surface area contributed by atoms with Gasteiger partial charge < -0.3 is 14.6 Å². The molecule has 0 saturated heterocycles. The number of carboxylic acid groups (broad SMARTS) is 1. The van der Waals surface area contributed by atoms with Gasteiger partial charge in [-0.25, -0.2) is 4.79 Å². The number of halogens is 3. The van der Waals surface area contributed by atoms with Crippen LogP contribution in [0.2, 0.25) is 10.0 Å². The minimum atomic E-state index is -1.01. The number of rotatable bonds is 6. The molecule has 1 heterocycles. The minimum absolute atomic E-state index is 0.0860. The number of hydrogen-bond acceptors (Lipinski definition) is 3. The molecule has 0 spiro atoms. The highest BCUT2D eigenvalue weighted by molar-refractivity contribution is 9.10. The Labute approximate surface area is 219 Å². The first-order valence-electron chi connectivity index (χ1n) is 10.1. The van der Waals surface area contributed by atoms with Gasteiger partial charge in [-0.3, -0.25) is 4.79 Å². The lowest BCUT2D eigenvalue weighted by atomic mass is 10.1. The van der Waals surface area contributed by atoms with E-state index < -0.39 is 5.97 Å². The van der Waals surface area contributed by atoms with Crippen molar-refractivity contribution in [3.05, 3.63) is 92.0 Å². The third-order valence-corrected chi connectivity index (χ3v) is 7.59. The number of fused-ring (bicyclic) bond motifs is 1. The van der Waals surface area contributed by atoms with Gasteiger partial charge in [-0.05, 0) is 54.1 Å². The lowest BCUT2D eigenvalue weighted by molar-refractivity contribution is 0.0685. The van der Waals surface area contributed by atoms with Crippen molar-refractivity contribution in [2.75, 3.05) is 14.1 Å². The van der Waals surface area contributed by atoms with E-state index in [0.717, 1.165) is 30.7 Å². The van der Waals surface area contributed by atoms with E-state index in [0.29, 0.717) is 22.2 Å². The fourth-order valence-corrected chi connectivity index (χ4v) is 5.58. The highest BCUT2D eigenvalue weighted by atomic mass is 79.9. The van der Waals surface area contributed by atoms with Gasteiger partial charge in [0.25, 0.3) is 5.91 Å². The van der Waals surface area contributed by atoms with Crippen LogP contribution in [0.4, 0.5) is 0 Å². The van der Waals surface area contributed by atoms with E-state index >= 15 is 0 Å².